The lowest BCUT2D eigenvalue weighted by Crippen LogP contribution is -1.97. The van der Waals surface area contributed by atoms with Gasteiger partial charge in [0.2, 0.25) is 5.88 Å². The van der Waals surface area contributed by atoms with E-state index in [1.54, 1.807) is 24.9 Å². The average Bonchev–Trinajstić information content (AvgIpc) is 2.14. The Hall–Kier alpha value is -0.970. The number of methoxy groups -OCH3 is 1. The van der Waals surface area contributed by atoms with Crippen molar-refractivity contribution in [2.45, 2.75) is 18.5 Å². The molecule has 1 aromatic rings. The fraction of sp³-hybridized carbons (Fsp3) is 0.500. The first kappa shape index (κ1) is 10.1. The van der Waals surface area contributed by atoms with Gasteiger partial charge >= 0.3 is 0 Å². The van der Waals surface area contributed by atoms with E-state index in [0.29, 0.717) is 16.9 Å². The fourth-order valence-electron chi connectivity index (χ4n) is 0.783. The van der Waals surface area contributed by atoms with Gasteiger partial charge in [0.05, 0.1) is 7.11 Å². The first-order valence-corrected chi connectivity index (χ1v) is 5.06. The molecule has 0 radical (unpaired) electrons. The van der Waals surface area contributed by atoms with Crippen LogP contribution in [0.3, 0.4) is 0 Å². The van der Waals surface area contributed by atoms with Crippen molar-refractivity contribution in [2.24, 2.45) is 0 Å². The van der Waals surface area contributed by atoms with E-state index in [9.17, 15) is 0 Å². The number of anilines is 1. The molecule has 0 aliphatic rings. The van der Waals surface area contributed by atoms with Crippen molar-refractivity contribution in [1.29, 1.82) is 0 Å². The van der Waals surface area contributed by atoms with Gasteiger partial charge in [0.1, 0.15) is 5.82 Å². The number of nitrogens with zero attached hydrogens (tertiary/aromatic N) is 2. The molecule has 0 atom stereocenters. The predicted molar refractivity (Wildman–Crippen MR) is 54.0 cm³/mol. The van der Waals surface area contributed by atoms with Crippen LogP contribution in [0, 0.1) is 0 Å². The number of nitrogens with two attached hydrogens (primary N) is 1. The Bertz CT molecular complexity index is 280. The maximum Gasteiger partial charge on any atom is 0.219 e. The summed E-state index contributed by atoms with van der Waals surface area (Å²) in [6.07, 6.45) is 1.09. The van der Waals surface area contributed by atoms with E-state index in [-0.39, 0.29) is 0 Å². The first-order chi connectivity index (χ1) is 6.26. The molecule has 2 N–H and O–H groups in total. The molecule has 0 unspecified atom stereocenters. The molecule has 0 amide bonds. The minimum absolute atomic E-state index is 0.449. The van der Waals surface area contributed by atoms with Crippen molar-refractivity contribution >= 4 is 17.6 Å². The molecule has 5 heteroatoms. The van der Waals surface area contributed by atoms with Crippen LogP contribution in [0.5, 0.6) is 5.88 Å². The summed E-state index contributed by atoms with van der Waals surface area (Å²) >= 11 is 1.58. The van der Waals surface area contributed by atoms with E-state index in [0.717, 1.165) is 12.2 Å². The van der Waals surface area contributed by atoms with Crippen LogP contribution in [-0.4, -0.2) is 22.8 Å². The summed E-state index contributed by atoms with van der Waals surface area (Å²) < 4.78 is 4.97. The summed E-state index contributed by atoms with van der Waals surface area (Å²) in [5, 5.41) is 0.679. The Morgan fingerprint density at radius 1 is 1.54 bits per heavy atom. The van der Waals surface area contributed by atoms with Crippen LogP contribution < -0.4 is 10.5 Å². The Morgan fingerprint density at radius 3 is 2.92 bits per heavy atom. The van der Waals surface area contributed by atoms with Crippen LogP contribution >= 0.6 is 11.8 Å². The number of rotatable bonds is 4. The topological polar surface area (TPSA) is 61.0 Å². The summed E-state index contributed by atoms with van der Waals surface area (Å²) in [7, 11) is 1.57. The summed E-state index contributed by atoms with van der Waals surface area (Å²) in [5.41, 5.74) is 5.56. The molecule has 1 aromatic heterocycles. The van der Waals surface area contributed by atoms with Crippen molar-refractivity contribution in [2.75, 3.05) is 18.6 Å². The molecule has 0 saturated heterocycles. The highest BCUT2D eigenvalue weighted by Gasteiger charge is 2.02. The van der Waals surface area contributed by atoms with Gasteiger partial charge in [-0.25, -0.2) is 4.98 Å². The monoisotopic (exact) mass is 199 g/mol. The van der Waals surface area contributed by atoms with Crippen LogP contribution in [0.1, 0.15) is 13.3 Å². The van der Waals surface area contributed by atoms with Gasteiger partial charge in [-0.2, -0.15) is 4.98 Å². The molecule has 0 bridgehead atoms. The van der Waals surface area contributed by atoms with E-state index >= 15 is 0 Å². The Morgan fingerprint density at radius 2 is 2.31 bits per heavy atom. The summed E-state index contributed by atoms with van der Waals surface area (Å²) in [6, 6.07) is 1.61. The van der Waals surface area contributed by atoms with Gasteiger partial charge in [-0.3, -0.25) is 0 Å². The van der Waals surface area contributed by atoms with Crippen molar-refractivity contribution in [1.82, 2.24) is 9.97 Å². The number of ether oxygens (including phenoxy) is 1. The van der Waals surface area contributed by atoms with Crippen molar-refractivity contribution in [3.8, 4) is 5.88 Å². The van der Waals surface area contributed by atoms with E-state index in [1.165, 1.54) is 0 Å². The highest BCUT2D eigenvalue weighted by Crippen LogP contribution is 2.19. The van der Waals surface area contributed by atoms with E-state index in [2.05, 4.69) is 16.9 Å². The second kappa shape index (κ2) is 4.91. The Balaban J connectivity index is 2.76. The van der Waals surface area contributed by atoms with Gasteiger partial charge in [-0.05, 0) is 6.42 Å². The minimum atomic E-state index is 0.449. The van der Waals surface area contributed by atoms with E-state index in [4.69, 9.17) is 10.5 Å². The smallest absolute Gasteiger partial charge is 0.219 e. The third-order valence-corrected chi connectivity index (χ3v) is 2.40. The normalized spacial score (nSPS) is 10.0. The van der Waals surface area contributed by atoms with Crippen LogP contribution in [0.25, 0.3) is 0 Å². The number of nitrogen functional groups attached to an aromatic ring is 1. The standard InChI is InChI=1S/C8H13N3OS/c1-3-4-13-8-10-6(9)5-7(11-8)12-2/h5H,3-4H2,1-2H3,(H2,9,10,11). The van der Waals surface area contributed by atoms with E-state index < -0.39 is 0 Å². The molecular weight excluding hydrogens is 186 g/mol. The molecule has 0 aliphatic heterocycles. The largest absolute Gasteiger partial charge is 0.481 e. The van der Waals surface area contributed by atoms with Crippen LogP contribution in [0.4, 0.5) is 5.82 Å². The van der Waals surface area contributed by atoms with E-state index in [1.807, 2.05) is 0 Å². The van der Waals surface area contributed by atoms with Gasteiger partial charge in [-0.15, -0.1) is 0 Å². The highest BCUT2D eigenvalue weighted by atomic mass is 32.2. The zero-order chi connectivity index (χ0) is 9.68. The van der Waals surface area contributed by atoms with Gasteiger partial charge in [0, 0.05) is 11.8 Å². The lowest BCUT2D eigenvalue weighted by atomic mass is 10.6. The zero-order valence-corrected chi connectivity index (χ0v) is 8.60. The third kappa shape index (κ3) is 3.10. The molecule has 0 saturated carbocycles. The fourth-order valence-corrected chi connectivity index (χ4v) is 1.49. The lowest BCUT2D eigenvalue weighted by molar-refractivity contribution is 0.393. The summed E-state index contributed by atoms with van der Waals surface area (Å²) in [5.74, 6) is 1.96. The molecule has 0 aliphatic carbocycles. The predicted octanol–water partition coefficient (Wildman–Crippen LogP) is 1.57. The molecule has 0 fully saturated rings. The molecular formula is C8H13N3OS. The van der Waals surface area contributed by atoms with Crippen LogP contribution in [0.15, 0.2) is 11.2 Å². The second-order valence-electron chi connectivity index (χ2n) is 2.47. The Kier molecular flexibility index (Phi) is 3.82. The van der Waals surface area contributed by atoms with Crippen molar-refractivity contribution in [3.63, 3.8) is 0 Å². The third-order valence-electron chi connectivity index (χ3n) is 1.35. The lowest BCUT2D eigenvalue weighted by Gasteiger charge is -2.02. The maximum absolute atomic E-state index is 5.56. The molecule has 0 aromatic carbocycles. The number of thioether (sulfide) groups is 1. The maximum atomic E-state index is 5.56. The highest BCUT2D eigenvalue weighted by molar-refractivity contribution is 7.99. The Labute approximate surface area is 81.9 Å². The number of hydrogen-bond acceptors (Lipinski definition) is 5. The van der Waals surface area contributed by atoms with Gasteiger partial charge in [-0.1, -0.05) is 18.7 Å². The van der Waals surface area contributed by atoms with Crippen molar-refractivity contribution < 1.29 is 4.74 Å². The van der Waals surface area contributed by atoms with Gasteiger partial charge in [0.15, 0.2) is 5.16 Å². The molecule has 72 valence electrons. The molecule has 0 spiro atoms. The summed E-state index contributed by atoms with van der Waals surface area (Å²) in [6.45, 7) is 2.11. The summed E-state index contributed by atoms with van der Waals surface area (Å²) in [4.78, 5) is 8.21. The first-order valence-electron chi connectivity index (χ1n) is 4.07. The van der Waals surface area contributed by atoms with Crippen LogP contribution in [0.2, 0.25) is 0 Å². The van der Waals surface area contributed by atoms with Crippen LogP contribution in [-0.2, 0) is 0 Å². The second-order valence-corrected chi connectivity index (χ2v) is 3.53. The SMILES string of the molecule is CCCSc1nc(N)cc(OC)n1. The number of aromatic nitrogens is 2. The molecule has 4 nitrogen and oxygen atoms in total. The van der Waals surface area contributed by atoms with Gasteiger partial charge < -0.3 is 10.5 Å². The molecule has 13 heavy (non-hydrogen) atoms. The quantitative estimate of drug-likeness (QED) is 0.589. The van der Waals surface area contributed by atoms with Gasteiger partial charge in [0.25, 0.3) is 0 Å². The number of hydrogen-bond donors (Lipinski definition) is 1. The molecule has 1 rings (SSSR count). The zero-order valence-electron chi connectivity index (χ0n) is 7.78. The average molecular weight is 199 g/mol. The molecule has 1 heterocycles. The minimum Gasteiger partial charge on any atom is -0.481 e. The van der Waals surface area contributed by atoms with Crippen molar-refractivity contribution in [3.05, 3.63) is 6.07 Å².